The summed E-state index contributed by atoms with van der Waals surface area (Å²) in [4.78, 5) is 15.6. The van der Waals surface area contributed by atoms with Crippen molar-refractivity contribution < 1.29 is 0 Å². The second kappa shape index (κ2) is 4.84. The topological polar surface area (TPSA) is 81.7 Å². The molecule has 3 heterocycles. The highest BCUT2D eigenvalue weighted by Crippen LogP contribution is 2.32. The summed E-state index contributed by atoms with van der Waals surface area (Å²) < 4.78 is 2.01. The highest BCUT2D eigenvalue weighted by molar-refractivity contribution is 7.18. The number of rotatable bonds is 3. The number of aromatic nitrogens is 4. The van der Waals surface area contributed by atoms with E-state index < -0.39 is 0 Å². The van der Waals surface area contributed by atoms with E-state index in [1.54, 1.807) is 17.5 Å². The van der Waals surface area contributed by atoms with Crippen LogP contribution in [0.5, 0.6) is 0 Å². The van der Waals surface area contributed by atoms with Crippen molar-refractivity contribution in [2.45, 2.75) is 27.3 Å². The summed E-state index contributed by atoms with van der Waals surface area (Å²) in [6.45, 7) is 6.70. The molecule has 0 unspecified atom stereocenters. The van der Waals surface area contributed by atoms with Gasteiger partial charge in [-0.25, -0.2) is 20.8 Å². The number of imidazole rings is 1. The Morgan fingerprint density at radius 2 is 2.10 bits per heavy atom. The zero-order valence-electron chi connectivity index (χ0n) is 11.6. The Labute approximate surface area is 120 Å². The molecule has 0 amide bonds. The number of hydrazine groups is 1. The minimum Gasteiger partial charge on any atom is -0.328 e. The average Bonchev–Trinajstić information content (AvgIpc) is 2.94. The number of nitrogens with one attached hydrogen (secondary N) is 1. The number of anilines is 1. The van der Waals surface area contributed by atoms with Crippen LogP contribution in [0.25, 0.3) is 10.2 Å². The molecule has 0 atom stereocenters. The van der Waals surface area contributed by atoms with Gasteiger partial charge in [0.2, 0.25) is 0 Å². The van der Waals surface area contributed by atoms with Crippen LogP contribution in [0.2, 0.25) is 0 Å². The minimum absolute atomic E-state index is 0.590. The molecule has 0 spiro atoms. The van der Waals surface area contributed by atoms with Crippen molar-refractivity contribution in [1.82, 2.24) is 19.5 Å². The summed E-state index contributed by atoms with van der Waals surface area (Å²) >= 11 is 1.67. The molecule has 0 aliphatic heterocycles. The minimum atomic E-state index is 0.590. The Hall–Kier alpha value is -1.99. The molecule has 20 heavy (non-hydrogen) atoms. The summed E-state index contributed by atoms with van der Waals surface area (Å²) in [5.41, 5.74) is 3.87. The van der Waals surface area contributed by atoms with Gasteiger partial charge in [0.05, 0.1) is 11.9 Å². The molecule has 0 bridgehead atoms. The van der Waals surface area contributed by atoms with Gasteiger partial charge in [0.25, 0.3) is 0 Å². The molecule has 3 rings (SSSR count). The molecule has 0 aliphatic rings. The second-order valence-electron chi connectivity index (χ2n) is 4.70. The number of hydrogen-bond acceptors (Lipinski definition) is 6. The number of nitrogens with zero attached hydrogens (tertiary/aromatic N) is 4. The van der Waals surface area contributed by atoms with Crippen molar-refractivity contribution in [2.75, 3.05) is 5.43 Å². The lowest BCUT2D eigenvalue weighted by Gasteiger charge is -2.07. The van der Waals surface area contributed by atoms with Gasteiger partial charge in [-0.1, -0.05) is 0 Å². The maximum absolute atomic E-state index is 5.61. The Morgan fingerprint density at radius 3 is 2.75 bits per heavy atom. The predicted octanol–water partition coefficient (Wildman–Crippen LogP) is 2.15. The fourth-order valence-electron chi connectivity index (χ4n) is 2.19. The Kier molecular flexibility index (Phi) is 3.15. The van der Waals surface area contributed by atoms with Crippen molar-refractivity contribution in [3.8, 4) is 0 Å². The highest BCUT2D eigenvalue weighted by atomic mass is 32.1. The van der Waals surface area contributed by atoms with E-state index in [1.807, 2.05) is 17.7 Å². The van der Waals surface area contributed by atoms with E-state index in [1.165, 1.54) is 10.4 Å². The van der Waals surface area contributed by atoms with Gasteiger partial charge < -0.3 is 9.99 Å². The zero-order valence-corrected chi connectivity index (χ0v) is 12.5. The van der Waals surface area contributed by atoms with Crippen LogP contribution in [0.15, 0.2) is 12.4 Å². The van der Waals surface area contributed by atoms with Crippen LogP contribution < -0.4 is 11.3 Å². The molecule has 3 aromatic heterocycles. The molecule has 6 nitrogen and oxygen atoms in total. The number of nitrogens with two attached hydrogens (primary N) is 1. The van der Waals surface area contributed by atoms with Crippen LogP contribution in [-0.2, 0) is 6.54 Å². The van der Waals surface area contributed by atoms with Crippen molar-refractivity contribution in [2.24, 2.45) is 5.84 Å². The summed E-state index contributed by atoms with van der Waals surface area (Å²) in [6.07, 6.45) is 3.69. The van der Waals surface area contributed by atoms with Gasteiger partial charge in [0, 0.05) is 17.3 Å². The summed E-state index contributed by atoms with van der Waals surface area (Å²) in [5, 5.41) is 1.01. The monoisotopic (exact) mass is 288 g/mol. The third-order valence-corrected chi connectivity index (χ3v) is 4.55. The highest BCUT2D eigenvalue weighted by Gasteiger charge is 2.14. The first-order valence-electron chi connectivity index (χ1n) is 6.31. The molecule has 104 valence electrons. The molecular weight excluding hydrogens is 272 g/mol. The van der Waals surface area contributed by atoms with E-state index in [-0.39, 0.29) is 0 Å². The standard InChI is InChI=1S/C13H16N6S/c1-7-8(2)20-13-11(7)12(18-14)16-10(17-13)6-19-5-4-15-9(19)3/h4-5H,6,14H2,1-3H3,(H,16,17,18). The molecule has 3 aromatic rings. The van der Waals surface area contributed by atoms with Crippen LogP contribution in [0, 0.1) is 20.8 Å². The largest absolute Gasteiger partial charge is 0.328 e. The van der Waals surface area contributed by atoms with Gasteiger partial charge in [0.1, 0.15) is 10.7 Å². The fourth-order valence-corrected chi connectivity index (χ4v) is 3.24. The molecule has 0 saturated heterocycles. The van der Waals surface area contributed by atoms with Crippen molar-refractivity contribution >= 4 is 27.4 Å². The Bertz CT molecular complexity index is 773. The molecule has 0 aromatic carbocycles. The van der Waals surface area contributed by atoms with Gasteiger partial charge in [-0.15, -0.1) is 11.3 Å². The first-order chi connectivity index (χ1) is 9.60. The fraction of sp³-hybridized carbons (Fsp3) is 0.308. The van der Waals surface area contributed by atoms with Gasteiger partial charge >= 0.3 is 0 Å². The van der Waals surface area contributed by atoms with Crippen molar-refractivity contribution in [3.63, 3.8) is 0 Å². The molecule has 7 heteroatoms. The maximum atomic E-state index is 5.61. The molecule has 3 N–H and O–H groups in total. The maximum Gasteiger partial charge on any atom is 0.152 e. The van der Waals surface area contributed by atoms with E-state index >= 15 is 0 Å². The van der Waals surface area contributed by atoms with Gasteiger partial charge in [-0.2, -0.15) is 0 Å². The van der Waals surface area contributed by atoms with Gasteiger partial charge in [0.15, 0.2) is 11.6 Å². The van der Waals surface area contributed by atoms with Crippen molar-refractivity contribution in [1.29, 1.82) is 0 Å². The molecule has 0 fully saturated rings. The van der Waals surface area contributed by atoms with Crippen LogP contribution >= 0.6 is 11.3 Å². The number of hydrogen-bond donors (Lipinski definition) is 2. The van der Waals surface area contributed by atoms with Crippen LogP contribution in [0.1, 0.15) is 22.1 Å². The first-order valence-corrected chi connectivity index (χ1v) is 7.12. The predicted molar refractivity (Wildman–Crippen MR) is 80.8 cm³/mol. The molecular formula is C13H16N6S. The first kappa shape index (κ1) is 13.0. The average molecular weight is 288 g/mol. The Balaban J connectivity index is 2.11. The number of fused-ring (bicyclic) bond motifs is 1. The van der Waals surface area contributed by atoms with Gasteiger partial charge in [-0.05, 0) is 26.3 Å². The third kappa shape index (κ3) is 2.04. The Morgan fingerprint density at radius 1 is 1.30 bits per heavy atom. The third-order valence-electron chi connectivity index (χ3n) is 3.45. The molecule has 0 saturated carbocycles. The summed E-state index contributed by atoms with van der Waals surface area (Å²) in [7, 11) is 0. The quantitative estimate of drug-likeness (QED) is 0.570. The van der Waals surface area contributed by atoms with E-state index in [9.17, 15) is 0 Å². The van der Waals surface area contributed by atoms with Crippen LogP contribution in [-0.4, -0.2) is 19.5 Å². The summed E-state index contributed by atoms with van der Waals surface area (Å²) in [5.74, 6) is 7.97. The number of nitrogen functional groups attached to an aromatic ring is 1. The van der Waals surface area contributed by atoms with Crippen LogP contribution in [0.4, 0.5) is 5.82 Å². The van der Waals surface area contributed by atoms with Gasteiger partial charge in [-0.3, -0.25) is 0 Å². The second-order valence-corrected chi connectivity index (χ2v) is 5.90. The smallest absolute Gasteiger partial charge is 0.152 e. The zero-order chi connectivity index (χ0) is 14.3. The number of aryl methyl sites for hydroxylation is 3. The van der Waals surface area contributed by atoms with E-state index in [0.29, 0.717) is 12.4 Å². The van der Waals surface area contributed by atoms with E-state index in [2.05, 4.69) is 34.2 Å². The molecule has 0 radical (unpaired) electrons. The normalized spacial score (nSPS) is 11.2. The number of thiophene rings is 1. The van der Waals surface area contributed by atoms with Crippen molar-refractivity contribution in [3.05, 3.63) is 34.5 Å². The molecule has 0 aliphatic carbocycles. The summed E-state index contributed by atoms with van der Waals surface area (Å²) in [6, 6.07) is 0. The lowest BCUT2D eigenvalue weighted by molar-refractivity contribution is 0.722. The van der Waals surface area contributed by atoms with Crippen LogP contribution in [0.3, 0.4) is 0 Å². The lowest BCUT2D eigenvalue weighted by Crippen LogP contribution is -2.12. The van der Waals surface area contributed by atoms with E-state index in [4.69, 9.17) is 5.84 Å². The SMILES string of the molecule is Cc1sc2nc(Cn3ccnc3C)nc(NN)c2c1C. The van der Waals surface area contributed by atoms with E-state index in [0.717, 1.165) is 21.9 Å². The lowest BCUT2D eigenvalue weighted by atomic mass is 10.2.